The summed E-state index contributed by atoms with van der Waals surface area (Å²) in [7, 11) is 0. The molecule has 2 aromatic rings. The first-order valence-corrected chi connectivity index (χ1v) is 10.4. The monoisotopic (exact) mass is 397 g/mol. The minimum atomic E-state index is -0.279. The SMILES string of the molecule is Cc1cc(NC(=O)C(C)N2CCC(C(=O)c3ccc(CC(C)C)cc3)CC2)no1. The summed E-state index contributed by atoms with van der Waals surface area (Å²) in [5, 5.41) is 6.59. The number of hydrogen-bond donors (Lipinski definition) is 1. The number of rotatable bonds is 7. The van der Waals surface area contributed by atoms with E-state index in [4.69, 9.17) is 4.52 Å². The van der Waals surface area contributed by atoms with Crippen molar-refractivity contribution in [2.75, 3.05) is 18.4 Å². The lowest BCUT2D eigenvalue weighted by atomic mass is 9.88. The molecule has 29 heavy (non-hydrogen) atoms. The van der Waals surface area contributed by atoms with Gasteiger partial charge in [-0.2, -0.15) is 0 Å². The summed E-state index contributed by atoms with van der Waals surface area (Å²) in [6.45, 7) is 9.52. The Morgan fingerprint density at radius 1 is 1.17 bits per heavy atom. The molecule has 3 rings (SSSR count). The second-order valence-corrected chi connectivity index (χ2v) is 8.46. The second kappa shape index (κ2) is 9.35. The van der Waals surface area contributed by atoms with E-state index < -0.39 is 0 Å². The molecule has 1 unspecified atom stereocenters. The van der Waals surface area contributed by atoms with Crippen LogP contribution in [0.2, 0.25) is 0 Å². The summed E-state index contributed by atoms with van der Waals surface area (Å²) < 4.78 is 4.98. The van der Waals surface area contributed by atoms with Gasteiger partial charge in [-0.25, -0.2) is 0 Å². The van der Waals surface area contributed by atoms with Crippen molar-refractivity contribution in [2.24, 2.45) is 11.8 Å². The number of aromatic nitrogens is 1. The summed E-state index contributed by atoms with van der Waals surface area (Å²) in [6, 6.07) is 9.48. The molecule has 6 nitrogen and oxygen atoms in total. The van der Waals surface area contributed by atoms with Crippen LogP contribution >= 0.6 is 0 Å². The minimum absolute atomic E-state index is 0.0237. The van der Waals surface area contributed by atoms with Crippen LogP contribution < -0.4 is 5.32 Å². The molecule has 0 bridgehead atoms. The molecule has 2 heterocycles. The third-order valence-electron chi connectivity index (χ3n) is 5.59. The number of carbonyl (C=O) groups is 2. The molecule has 0 aliphatic carbocycles. The summed E-state index contributed by atoms with van der Waals surface area (Å²) in [5.41, 5.74) is 2.07. The fraction of sp³-hybridized carbons (Fsp3) is 0.522. The van der Waals surface area contributed by atoms with Gasteiger partial charge in [0.15, 0.2) is 11.6 Å². The fourth-order valence-electron chi connectivity index (χ4n) is 3.88. The van der Waals surface area contributed by atoms with Crippen LogP contribution in [-0.2, 0) is 11.2 Å². The number of piperidine rings is 1. The Morgan fingerprint density at radius 2 is 1.83 bits per heavy atom. The van der Waals surface area contributed by atoms with E-state index in [0.717, 1.165) is 37.9 Å². The number of nitrogens with one attached hydrogen (secondary N) is 1. The normalized spacial score (nSPS) is 16.7. The van der Waals surface area contributed by atoms with Crippen molar-refractivity contribution < 1.29 is 14.1 Å². The highest BCUT2D eigenvalue weighted by molar-refractivity contribution is 5.98. The predicted octanol–water partition coefficient (Wildman–Crippen LogP) is 4.10. The van der Waals surface area contributed by atoms with Gasteiger partial charge in [0.05, 0.1) is 6.04 Å². The number of benzene rings is 1. The number of amides is 1. The first-order valence-electron chi connectivity index (χ1n) is 10.4. The van der Waals surface area contributed by atoms with Gasteiger partial charge >= 0.3 is 0 Å². The van der Waals surface area contributed by atoms with Gasteiger partial charge in [0.25, 0.3) is 0 Å². The maximum Gasteiger partial charge on any atom is 0.242 e. The van der Waals surface area contributed by atoms with Crippen molar-refractivity contribution in [3.05, 3.63) is 47.2 Å². The van der Waals surface area contributed by atoms with E-state index in [1.54, 1.807) is 13.0 Å². The molecule has 1 saturated heterocycles. The van der Waals surface area contributed by atoms with Crippen molar-refractivity contribution in [3.8, 4) is 0 Å². The highest BCUT2D eigenvalue weighted by atomic mass is 16.5. The van der Waals surface area contributed by atoms with Crippen molar-refractivity contribution in [1.29, 1.82) is 0 Å². The van der Waals surface area contributed by atoms with E-state index in [-0.39, 0.29) is 23.7 Å². The molecule has 0 saturated carbocycles. The Morgan fingerprint density at radius 3 is 2.38 bits per heavy atom. The van der Waals surface area contributed by atoms with E-state index in [9.17, 15) is 9.59 Å². The molecule has 0 spiro atoms. The third kappa shape index (κ3) is 5.54. The summed E-state index contributed by atoms with van der Waals surface area (Å²) in [6.07, 6.45) is 2.57. The van der Waals surface area contributed by atoms with Gasteiger partial charge < -0.3 is 9.84 Å². The number of Topliss-reactive ketones (excluding diaryl/α,β-unsaturated/α-hetero) is 1. The Hall–Kier alpha value is -2.47. The van der Waals surface area contributed by atoms with Crippen LogP contribution in [0.4, 0.5) is 5.82 Å². The Balaban J connectivity index is 1.51. The molecule has 1 N–H and O–H groups in total. The van der Waals surface area contributed by atoms with Gasteiger partial charge in [0.1, 0.15) is 5.76 Å². The number of carbonyl (C=O) groups excluding carboxylic acids is 2. The molecular weight excluding hydrogens is 366 g/mol. The van der Waals surface area contributed by atoms with Gasteiger partial charge in [-0.1, -0.05) is 43.3 Å². The van der Waals surface area contributed by atoms with Crippen LogP contribution in [0.25, 0.3) is 0 Å². The van der Waals surface area contributed by atoms with E-state index in [0.29, 0.717) is 17.5 Å². The molecule has 1 fully saturated rings. The molecule has 1 aliphatic rings. The van der Waals surface area contributed by atoms with Gasteiger partial charge in [-0.3, -0.25) is 14.5 Å². The van der Waals surface area contributed by atoms with Gasteiger partial charge in [-0.05, 0) is 57.7 Å². The zero-order valence-electron chi connectivity index (χ0n) is 17.8. The second-order valence-electron chi connectivity index (χ2n) is 8.46. The topological polar surface area (TPSA) is 75.4 Å². The van der Waals surface area contributed by atoms with Gasteiger partial charge in [0, 0.05) is 17.5 Å². The van der Waals surface area contributed by atoms with E-state index in [1.165, 1.54) is 5.56 Å². The number of nitrogens with zero attached hydrogens (tertiary/aromatic N) is 2. The molecular formula is C23H31N3O3. The van der Waals surface area contributed by atoms with Crippen LogP contribution in [-0.4, -0.2) is 40.9 Å². The Bertz CT molecular complexity index is 833. The number of hydrogen-bond acceptors (Lipinski definition) is 5. The Kier molecular flexibility index (Phi) is 6.85. The van der Waals surface area contributed by atoms with Crippen molar-refractivity contribution in [3.63, 3.8) is 0 Å². The molecule has 0 radical (unpaired) electrons. The molecule has 1 aliphatic heterocycles. The highest BCUT2D eigenvalue weighted by Gasteiger charge is 2.30. The summed E-state index contributed by atoms with van der Waals surface area (Å²) in [4.78, 5) is 27.5. The number of anilines is 1. The van der Waals surface area contributed by atoms with Crippen LogP contribution in [0.3, 0.4) is 0 Å². The predicted molar refractivity (Wildman–Crippen MR) is 113 cm³/mol. The molecule has 1 amide bonds. The van der Waals surface area contributed by atoms with Crippen molar-refractivity contribution >= 4 is 17.5 Å². The average molecular weight is 398 g/mol. The summed E-state index contributed by atoms with van der Waals surface area (Å²) >= 11 is 0. The lowest BCUT2D eigenvalue weighted by Gasteiger charge is -2.34. The molecule has 156 valence electrons. The molecule has 1 atom stereocenters. The standard InChI is InChI=1S/C23H31N3O3/c1-15(2)13-18-5-7-19(8-6-18)22(27)20-9-11-26(12-10-20)17(4)23(28)24-21-14-16(3)29-25-21/h5-8,14-15,17,20H,9-13H2,1-4H3,(H,24,25,28). The lowest BCUT2D eigenvalue weighted by Crippen LogP contribution is -2.47. The lowest BCUT2D eigenvalue weighted by molar-refractivity contribution is -0.121. The van der Waals surface area contributed by atoms with Crippen LogP contribution in [0.15, 0.2) is 34.9 Å². The molecule has 6 heteroatoms. The third-order valence-corrected chi connectivity index (χ3v) is 5.59. The van der Waals surface area contributed by atoms with E-state index >= 15 is 0 Å². The smallest absolute Gasteiger partial charge is 0.242 e. The minimum Gasteiger partial charge on any atom is -0.360 e. The van der Waals surface area contributed by atoms with Crippen molar-refractivity contribution in [2.45, 2.75) is 53.0 Å². The zero-order valence-corrected chi connectivity index (χ0v) is 17.8. The van der Waals surface area contributed by atoms with Crippen molar-refractivity contribution in [1.82, 2.24) is 10.1 Å². The van der Waals surface area contributed by atoms with E-state index in [1.807, 2.05) is 19.1 Å². The van der Waals surface area contributed by atoms with Gasteiger partial charge in [-0.15, -0.1) is 0 Å². The molecule has 1 aromatic heterocycles. The number of likely N-dealkylation sites (tertiary alicyclic amines) is 1. The largest absolute Gasteiger partial charge is 0.360 e. The molecule has 1 aromatic carbocycles. The maximum absolute atomic E-state index is 12.9. The highest BCUT2D eigenvalue weighted by Crippen LogP contribution is 2.24. The average Bonchev–Trinajstić information content (AvgIpc) is 3.11. The fourth-order valence-corrected chi connectivity index (χ4v) is 3.88. The van der Waals surface area contributed by atoms with Crippen LogP contribution in [0.1, 0.15) is 55.3 Å². The maximum atomic E-state index is 12.9. The number of ketones is 1. The van der Waals surface area contributed by atoms with Gasteiger partial charge in [0.2, 0.25) is 5.91 Å². The first-order chi connectivity index (χ1) is 13.8. The van der Waals surface area contributed by atoms with Crippen LogP contribution in [0.5, 0.6) is 0 Å². The summed E-state index contributed by atoms with van der Waals surface area (Å²) in [5.74, 6) is 1.83. The quantitative estimate of drug-likeness (QED) is 0.712. The Labute approximate surface area is 172 Å². The van der Waals surface area contributed by atoms with Crippen LogP contribution in [0, 0.1) is 18.8 Å². The zero-order chi connectivity index (χ0) is 21.0. The first kappa shape index (κ1) is 21.2. The number of aryl methyl sites for hydroxylation is 1. The van der Waals surface area contributed by atoms with E-state index in [2.05, 4.69) is 41.4 Å².